The highest BCUT2D eigenvalue weighted by atomic mass is 79.9. The fourth-order valence-corrected chi connectivity index (χ4v) is 3.69. The maximum atomic E-state index is 12.5. The molecule has 0 radical (unpaired) electrons. The molecule has 0 bridgehead atoms. The summed E-state index contributed by atoms with van der Waals surface area (Å²) >= 11 is 4.07. The first-order valence-electron chi connectivity index (χ1n) is 8.06. The number of carbonyl (C=O) groups excluding carboxylic acids is 3. The third-order valence-electron chi connectivity index (χ3n) is 3.82. The van der Waals surface area contributed by atoms with Crippen LogP contribution in [0.5, 0.6) is 11.5 Å². The molecule has 2 N–H and O–H groups in total. The van der Waals surface area contributed by atoms with Crippen molar-refractivity contribution in [2.75, 3.05) is 19.0 Å². The van der Waals surface area contributed by atoms with E-state index in [4.69, 9.17) is 4.74 Å². The van der Waals surface area contributed by atoms with Crippen molar-refractivity contribution >= 4 is 56.5 Å². The van der Waals surface area contributed by atoms with Crippen LogP contribution in [0.25, 0.3) is 6.08 Å². The zero-order chi connectivity index (χ0) is 20.3. The number of thioether (sulfide) groups is 1. The number of hydrogen-bond donors (Lipinski definition) is 2. The molecule has 3 rings (SSSR count). The van der Waals surface area contributed by atoms with Crippen molar-refractivity contribution in [3.63, 3.8) is 0 Å². The number of nitrogens with one attached hydrogen (secondary N) is 1. The van der Waals surface area contributed by atoms with Crippen molar-refractivity contribution in [3.8, 4) is 11.5 Å². The van der Waals surface area contributed by atoms with Crippen LogP contribution in [0.3, 0.4) is 0 Å². The lowest BCUT2D eigenvalue weighted by molar-refractivity contribution is -0.127. The molecule has 2 aromatic carbocycles. The van der Waals surface area contributed by atoms with Gasteiger partial charge in [-0.25, -0.2) is 0 Å². The summed E-state index contributed by atoms with van der Waals surface area (Å²) in [5.74, 6) is -0.816. The predicted octanol–water partition coefficient (Wildman–Crippen LogP) is 3.84. The highest BCUT2D eigenvalue weighted by Crippen LogP contribution is 2.34. The summed E-state index contributed by atoms with van der Waals surface area (Å²) in [6, 6.07) is 11.6. The van der Waals surface area contributed by atoms with E-state index in [1.54, 1.807) is 36.4 Å². The Morgan fingerprint density at radius 1 is 1.29 bits per heavy atom. The van der Waals surface area contributed by atoms with Crippen molar-refractivity contribution < 1.29 is 24.2 Å². The van der Waals surface area contributed by atoms with Gasteiger partial charge in [0.25, 0.3) is 11.1 Å². The van der Waals surface area contributed by atoms with Gasteiger partial charge in [-0.1, -0.05) is 18.2 Å². The molecule has 28 heavy (non-hydrogen) atoms. The second kappa shape index (κ2) is 8.49. The lowest BCUT2D eigenvalue weighted by Crippen LogP contribution is -2.36. The van der Waals surface area contributed by atoms with Crippen LogP contribution >= 0.6 is 27.7 Å². The molecule has 0 aliphatic carbocycles. The van der Waals surface area contributed by atoms with Crippen LogP contribution < -0.4 is 10.1 Å². The number of phenols is 1. The van der Waals surface area contributed by atoms with Gasteiger partial charge in [-0.15, -0.1) is 0 Å². The molecule has 3 amide bonds. The summed E-state index contributed by atoms with van der Waals surface area (Å²) in [5.41, 5.74) is 1.13. The van der Waals surface area contributed by atoms with Gasteiger partial charge < -0.3 is 15.2 Å². The van der Waals surface area contributed by atoms with Gasteiger partial charge in [0.2, 0.25) is 5.91 Å². The van der Waals surface area contributed by atoms with Crippen LogP contribution in [0.2, 0.25) is 0 Å². The monoisotopic (exact) mass is 462 g/mol. The Morgan fingerprint density at radius 3 is 2.75 bits per heavy atom. The van der Waals surface area contributed by atoms with E-state index >= 15 is 0 Å². The molecule has 1 heterocycles. The average Bonchev–Trinajstić information content (AvgIpc) is 2.92. The number of ether oxygens (including phenoxy) is 1. The quantitative estimate of drug-likeness (QED) is 0.655. The van der Waals surface area contributed by atoms with Gasteiger partial charge in [-0.05, 0) is 63.6 Å². The van der Waals surface area contributed by atoms with Crippen molar-refractivity contribution in [1.29, 1.82) is 0 Å². The average molecular weight is 463 g/mol. The molecular formula is C19H15BrN2O5S. The normalized spacial score (nSPS) is 15.2. The fourth-order valence-electron chi connectivity index (χ4n) is 2.47. The molecule has 1 fully saturated rings. The molecule has 0 unspecified atom stereocenters. The molecule has 0 aromatic heterocycles. The van der Waals surface area contributed by atoms with E-state index < -0.39 is 17.1 Å². The van der Waals surface area contributed by atoms with Crippen molar-refractivity contribution in [3.05, 3.63) is 57.4 Å². The third-order valence-corrected chi connectivity index (χ3v) is 5.42. The first-order chi connectivity index (χ1) is 13.4. The molecule has 7 nitrogen and oxygen atoms in total. The van der Waals surface area contributed by atoms with Gasteiger partial charge in [0.15, 0.2) is 11.5 Å². The van der Waals surface area contributed by atoms with Crippen LogP contribution in [-0.4, -0.2) is 40.7 Å². The number of anilines is 1. The van der Waals surface area contributed by atoms with Crippen molar-refractivity contribution in [1.82, 2.24) is 4.90 Å². The van der Waals surface area contributed by atoms with Crippen molar-refractivity contribution in [2.45, 2.75) is 0 Å². The molecule has 0 saturated carbocycles. The highest BCUT2D eigenvalue weighted by molar-refractivity contribution is 9.10. The molecule has 1 aliphatic heterocycles. The SMILES string of the molecule is COc1cc(/C=C2\SC(=O)N(CC(=O)Nc3ccccc3Br)C2=O)ccc1O. The Kier molecular flexibility index (Phi) is 6.05. The van der Waals surface area contributed by atoms with E-state index in [9.17, 15) is 19.5 Å². The zero-order valence-electron chi connectivity index (χ0n) is 14.6. The Balaban J connectivity index is 1.73. The lowest BCUT2D eigenvalue weighted by atomic mass is 10.2. The van der Waals surface area contributed by atoms with E-state index in [2.05, 4.69) is 21.2 Å². The summed E-state index contributed by atoms with van der Waals surface area (Å²) in [6.07, 6.45) is 1.51. The maximum absolute atomic E-state index is 12.5. The zero-order valence-corrected chi connectivity index (χ0v) is 17.0. The van der Waals surface area contributed by atoms with Gasteiger partial charge in [-0.2, -0.15) is 0 Å². The van der Waals surface area contributed by atoms with Crippen molar-refractivity contribution in [2.24, 2.45) is 0 Å². The number of carbonyl (C=O) groups is 3. The van der Waals surface area contributed by atoms with Crippen LogP contribution in [-0.2, 0) is 9.59 Å². The molecule has 9 heteroatoms. The number of imide groups is 1. The molecule has 1 saturated heterocycles. The number of benzene rings is 2. The summed E-state index contributed by atoms with van der Waals surface area (Å²) in [6.45, 7) is -0.387. The van der Waals surface area contributed by atoms with Gasteiger partial charge in [-0.3, -0.25) is 19.3 Å². The summed E-state index contributed by atoms with van der Waals surface area (Å²) < 4.78 is 5.73. The van der Waals surface area contributed by atoms with Crippen LogP contribution in [0.4, 0.5) is 10.5 Å². The molecule has 0 spiro atoms. The van der Waals surface area contributed by atoms with E-state index in [1.807, 2.05) is 0 Å². The number of phenolic OH excluding ortho intramolecular Hbond substituents is 1. The number of para-hydroxylation sites is 1. The highest BCUT2D eigenvalue weighted by Gasteiger charge is 2.36. The van der Waals surface area contributed by atoms with E-state index in [0.717, 1.165) is 16.7 Å². The second-order valence-corrected chi connectivity index (χ2v) is 7.57. The molecule has 144 valence electrons. The first-order valence-corrected chi connectivity index (χ1v) is 9.66. The van der Waals surface area contributed by atoms with Gasteiger partial charge >= 0.3 is 0 Å². The minimum atomic E-state index is -0.552. The molecule has 2 aromatic rings. The largest absolute Gasteiger partial charge is 0.504 e. The molecule has 1 aliphatic rings. The number of aromatic hydroxyl groups is 1. The van der Waals surface area contributed by atoms with Crippen LogP contribution in [0.1, 0.15) is 5.56 Å². The van der Waals surface area contributed by atoms with E-state index in [0.29, 0.717) is 15.7 Å². The van der Waals surface area contributed by atoms with E-state index in [1.165, 1.54) is 19.3 Å². The lowest BCUT2D eigenvalue weighted by Gasteiger charge is -2.13. The number of rotatable bonds is 5. The minimum absolute atomic E-state index is 0.0310. The first kappa shape index (κ1) is 20.0. The number of hydrogen-bond acceptors (Lipinski definition) is 6. The van der Waals surface area contributed by atoms with Crippen LogP contribution in [0.15, 0.2) is 51.8 Å². The smallest absolute Gasteiger partial charge is 0.294 e. The van der Waals surface area contributed by atoms with E-state index in [-0.39, 0.29) is 22.9 Å². The molecule has 0 atom stereocenters. The number of nitrogens with zero attached hydrogens (tertiary/aromatic N) is 1. The topological polar surface area (TPSA) is 95.9 Å². The minimum Gasteiger partial charge on any atom is -0.504 e. The number of methoxy groups -OCH3 is 1. The fraction of sp³-hybridized carbons (Fsp3) is 0.105. The summed E-state index contributed by atoms with van der Waals surface area (Å²) in [5, 5.41) is 11.8. The third kappa shape index (κ3) is 4.37. The predicted molar refractivity (Wildman–Crippen MR) is 110 cm³/mol. The Morgan fingerprint density at radius 2 is 2.04 bits per heavy atom. The van der Waals surface area contributed by atoms with Gasteiger partial charge in [0.05, 0.1) is 17.7 Å². The number of halogens is 1. The summed E-state index contributed by atoms with van der Waals surface area (Å²) in [4.78, 5) is 38.1. The Hall–Kier alpha value is -2.78. The standard InChI is InChI=1S/C19H15BrN2O5S/c1-27-15-8-11(6-7-14(15)23)9-16-18(25)22(19(26)28-16)10-17(24)21-13-5-3-2-4-12(13)20/h2-9,23H,10H2,1H3,(H,21,24)/b16-9-. The van der Waals surface area contributed by atoms with Gasteiger partial charge in [0.1, 0.15) is 6.54 Å². The maximum Gasteiger partial charge on any atom is 0.294 e. The number of amides is 3. The molecular weight excluding hydrogens is 448 g/mol. The van der Waals surface area contributed by atoms with Gasteiger partial charge in [0, 0.05) is 4.47 Å². The Bertz CT molecular complexity index is 992. The Labute approximate surface area is 173 Å². The second-order valence-electron chi connectivity index (χ2n) is 5.73. The van der Waals surface area contributed by atoms with Crippen LogP contribution in [0, 0.1) is 0 Å². The summed E-state index contributed by atoms with van der Waals surface area (Å²) in [7, 11) is 1.41.